The van der Waals surface area contributed by atoms with E-state index in [9.17, 15) is 4.79 Å². The molecule has 1 aliphatic rings. The summed E-state index contributed by atoms with van der Waals surface area (Å²) in [6, 6.07) is -0.0198. The van der Waals surface area contributed by atoms with Gasteiger partial charge < -0.3 is 15.8 Å². The Bertz CT molecular complexity index is 235. The van der Waals surface area contributed by atoms with Gasteiger partial charge in [-0.3, -0.25) is 9.69 Å². The first-order valence-electron chi connectivity index (χ1n) is 6.50. The molecule has 1 fully saturated rings. The van der Waals surface area contributed by atoms with E-state index in [0.717, 1.165) is 39.1 Å². The quantitative estimate of drug-likeness (QED) is 0.737. The molecule has 2 unspecified atom stereocenters. The van der Waals surface area contributed by atoms with E-state index in [1.165, 1.54) is 0 Å². The van der Waals surface area contributed by atoms with E-state index in [2.05, 4.69) is 17.1 Å². The van der Waals surface area contributed by atoms with Crippen LogP contribution in [0.25, 0.3) is 0 Å². The molecule has 5 nitrogen and oxygen atoms in total. The first-order chi connectivity index (χ1) is 8.15. The van der Waals surface area contributed by atoms with Crippen molar-refractivity contribution in [3.05, 3.63) is 0 Å². The van der Waals surface area contributed by atoms with Crippen LogP contribution >= 0.6 is 12.4 Å². The summed E-state index contributed by atoms with van der Waals surface area (Å²) in [5.41, 5.74) is 5.75. The zero-order valence-electron chi connectivity index (χ0n) is 11.4. The molecule has 0 bridgehead atoms. The van der Waals surface area contributed by atoms with E-state index in [1.807, 2.05) is 6.92 Å². The lowest BCUT2D eigenvalue weighted by Crippen LogP contribution is -2.49. The van der Waals surface area contributed by atoms with Crippen molar-refractivity contribution in [2.75, 3.05) is 32.8 Å². The SMILES string of the molecule is CCCC(N)C(=O)NCC(C)N1CCOCC1.Cl. The number of halogens is 1. The molecule has 3 N–H and O–H groups in total. The molecule has 0 spiro atoms. The number of morpholine rings is 1. The number of carbonyl (C=O) groups is 1. The average molecular weight is 280 g/mol. The average Bonchev–Trinajstić information content (AvgIpc) is 2.36. The summed E-state index contributed by atoms with van der Waals surface area (Å²) in [4.78, 5) is 14.0. The molecule has 6 heteroatoms. The number of nitrogens with zero attached hydrogens (tertiary/aromatic N) is 1. The number of rotatable bonds is 6. The van der Waals surface area contributed by atoms with Crippen LogP contribution in [0.4, 0.5) is 0 Å². The highest BCUT2D eigenvalue weighted by Gasteiger charge is 2.18. The van der Waals surface area contributed by atoms with Gasteiger partial charge in [-0.1, -0.05) is 13.3 Å². The van der Waals surface area contributed by atoms with Crippen LogP contribution < -0.4 is 11.1 Å². The molecule has 0 aromatic rings. The van der Waals surface area contributed by atoms with Crippen LogP contribution in [0.15, 0.2) is 0 Å². The maximum Gasteiger partial charge on any atom is 0.236 e. The summed E-state index contributed by atoms with van der Waals surface area (Å²) >= 11 is 0. The van der Waals surface area contributed by atoms with Crippen molar-refractivity contribution in [2.24, 2.45) is 5.73 Å². The second kappa shape index (κ2) is 9.55. The van der Waals surface area contributed by atoms with Crippen molar-refractivity contribution in [1.29, 1.82) is 0 Å². The number of nitrogens with one attached hydrogen (secondary N) is 1. The standard InChI is InChI=1S/C12H25N3O2.ClH/c1-3-4-11(13)12(16)14-9-10(2)15-5-7-17-8-6-15;/h10-11H,3-9,13H2,1-2H3,(H,14,16);1H. The van der Waals surface area contributed by atoms with Gasteiger partial charge in [0.15, 0.2) is 0 Å². The van der Waals surface area contributed by atoms with E-state index in [0.29, 0.717) is 12.6 Å². The molecule has 18 heavy (non-hydrogen) atoms. The molecule has 0 radical (unpaired) electrons. The fraction of sp³-hybridized carbons (Fsp3) is 0.917. The highest BCUT2D eigenvalue weighted by Crippen LogP contribution is 2.02. The zero-order valence-corrected chi connectivity index (χ0v) is 12.2. The predicted octanol–water partition coefficient (Wildman–Crippen LogP) is 0.373. The van der Waals surface area contributed by atoms with Crippen LogP contribution in [-0.4, -0.2) is 55.7 Å². The molecule has 0 aromatic heterocycles. The van der Waals surface area contributed by atoms with Gasteiger partial charge in [0.05, 0.1) is 19.3 Å². The highest BCUT2D eigenvalue weighted by atomic mass is 35.5. The molecular formula is C12H26ClN3O2. The molecule has 0 aliphatic carbocycles. The third kappa shape index (κ3) is 6.00. The number of amides is 1. The van der Waals surface area contributed by atoms with E-state index < -0.39 is 0 Å². The van der Waals surface area contributed by atoms with Crippen LogP contribution in [0.3, 0.4) is 0 Å². The van der Waals surface area contributed by atoms with Gasteiger partial charge in [0.2, 0.25) is 5.91 Å². The summed E-state index contributed by atoms with van der Waals surface area (Å²) < 4.78 is 5.30. The van der Waals surface area contributed by atoms with Gasteiger partial charge in [-0.2, -0.15) is 0 Å². The van der Waals surface area contributed by atoms with E-state index in [-0.39, 0.29) is 24.4 Å². The Kier molecular flexibility index (Phi) is 9.36. The first kappa shape index (κ1) is 17.6. The van der Waals surface area contributed by atoms with Gasteiger partial charge in [-0.25, -0.2) is 0 Å². The van der Waals surface area contributed by atoms with Gasteiger partial charge in [-0.15, -0.1) is 12.4 Å². The summed E-state index contributed by atoms with van der Waals surface area (Å²) in [5, 5.41) is 2.92. The smallest absolute Gasteiger partial charge is 0.236 e. The van der Waals surface area contributed by atoms with Gasteiger partial charge in [0.25, 0.3) is 0 Å². The Hall–Kier alpha value is -0.360. The lowest BCUT2D eigenvalue weighted by Gasteiger charge is -2.32. The fourth-order valence-electron chi connectivity index (χ4n) is 1.97. The Morgan fingerprint density at radius 2 is 2.06 bits per heavy atom. The minimum atomic E-state index is -0.364. The van der Waals surface area contributed by atoms with Crippen LogP contribution in [-0.2, 0) is 9.53 Å². The minimum absolute atomic E-state index is 0. The van der Waals surface area contributed by atoms with Crippen molar-refractivity contribution in [1.82, 2.24) is 10.2 Å². The third-order valence-corrected chi connectivity index (χ3v) is 3.18. The van der Waals surface area contributed by atoms with Gasteiger partial charge in [-0.05, 0) is 13.3 Å². The second-order valence-electron chi connectivity index (χ2n) is 4.64. The van der Waals surface area contributed by atoms with Crippen molar-refractivity contribution < 1.29 is 9.53 Å². The van der Waals surface area contributed by atoms with Crippen LogP contribution in [0.2, 0.25) is 0 Å². The summed E-state index contributed by atoms with van der Waals surface area (Å²) in [6.07, 6.45) is 1.69. The summed E-state index contributed by atoms with van der Waals surface area (Å²) in [6.45, 7) is 8.27. The van der Waals surface area contributed by atoms with Gasteiger partial charge in [0.1, 0.15) is 0 Å². The molecule has 0 saturated carbocycles. The van der Waals surface area contributed by atoms with Crippen LogP contribution in [0, 0.1) is 0 Å². The monoisotopic (exact) mass is 279 g/mol. The number of ether oxygens (including phenoxy) is 1. The number of carbonyl (C=O) groups excluding carboxylic acids is 1. The molecule has 2 atom stereocenters. The Morgan fingerprint density at radius 3 is 2.61 bits per heavy atom. The molecule has 0 aromatic carbocycles. The predicted molar refractivity (Wildman–Crippen MR) is 75.0 cm³/mol. The largest absolute Gasteiger partial charge is 0.379 e. The topological polar surface area (TPSA) is 67.6 Å². The van der Waals surface area contributed by atoms with Crippen molar-refractivity contribution >= 4 is 18.3 Å². The Labute approximate surface area is 116 Å². The van der Waals surface area contributed by atoms with Gasteiger partial charge in [0, 0.05) is 25.7 Å². The van der Waals surface area contributed by atoms with E-state index in [4.69, 9.17) is 10.5 Å². The maximum absolute atomic E-state index is 11.6. The van der Waals surface area contributed by atoms with Crippen molar-refractivity contribution in [3.8, 4) is 0 Å². The highest BCUT2D eigenvalue weighted by molar-refractivity contribution is 5.85. The van der Waals surface area contributed by atoms with Gasteiger partial charge >= 0.3 is 0 Å². The van der Waals surface area contributed by atoms with E-state index >= 15 is 0 Å². The summed E-state index contributed by atoms with van der Waals surface area (Å²) in [7, 11) is 0. The van der Waals surface area contributed by atoms with Crippen LogP contribution in [0.1, 0.15) is 26.7 Å². The first-order valence-corrected chi connectivity index (χ1v) is 6.50. The molecule has 108 valence electrons. The number of hydrogen-bond donors (Lipinski definition) is 2. The molecule has 1 heterocycles. The Balaban J connectivity index is 0.00000289. The van der Waals surface area contributed by atoms with Crippen molar-refractivity contribution in [2.45, 2.75) is 38.8 Å². The lowest BCUT2D eigenvalue weighted by atomic mass is 10.1. The zero-order chi connectivity index (χ0) is 12.7. The minimum Gasteiger partial charge on any atom is -0.379 e. The molecular weight excluding hydrogens is 254 g/mol. The van der Waals surface area contributed by atoms with Crippen molar-refractivity contribution in [3.63, 3.8) is 0 Å². The summed E-state index contributed by atoms with van der Waals surface area (Å²) in [5.74, 6) is -0.0352. The number of nitrogens with two attached hydrogens (primary N) is 1. The molecule has 1 saturated heterocycles. The normalized spacial score (nSPS) is 19.7. The Morgan fingerprint density at radius 1 is 1.44 bits per heavy atom. The maximum atomic E-state index is 11.6. The molecule has 1 rings (SSSR count). The third-order valence-electron chi connectivity index (χ3n) is 3.18. The molecule has 1 aliphatic heterocycles. The second-order valence-corrected chi connectivity index (χ2v) is 4.64. The fourth-order valence-corrected chi connectivity index (χ4v) is 1.97. The molecule has 1 amide bonds. The van der Waals surface area contributed by atoms with Crippen LogP contribution in [0.5, 0.6) is 0 Å². The number of hydrogen-bond acceptors (Lipinski definition) is 4. The lowest BCUT2D eigenvalue weighted by molar-refractivity contribution is -0.122. The van der Waals surface area contributed by atoms with E-state index in [1.54, 1.807) is 0 Å².